The van der Waals surface area contributed by atoms with E-state index in [2.05, 4.69) is 13.8 Å². The maximum absolute atomic E-state index is 12.3. The van der Waals surface area contributed by atoms with E-state index < -0.39 is 6.10 Å². The topological polar surface area (TPSA) is 49.8 Å². The Balaban J connectivity index is 2.50. The lowest BCUT2D eigenvalue weighted by Crippen LogP contribution is -2.52. The van der Waals surface area contributed by atoms with Crippen molar-refractivity contribution in [3.63, 3.8) is 0 Å². The number of aliphatic hydroxyl groups is 1. The fraction of sp³-hybridized carbons (Fsp3) is 0.588. The Morgan fingerprint density at radius 1 is 1.38 bits per heavy atom. The lowest BCUT2D eigenvalue weighted by molar-refractivity contribution is -0.119. The minimum atomic E-state index is -0.557. The minimum Gasteiger partial charge on any atom is -0.483 e. The number of rotatable bonds is 4. The molecule has 4 nitrogen and oxygen atoms in total. The van der Waals surface area contributed by atoms with Gasteiger partial charge in [0.15, 0.2) is 0 Å². The molecule has 0 saturated heterocycles. The van der Waals surface area contributed by atoms with Crippen LogP contribution in [-0.4, -0.2) is 23.2 Å². The fourth-order valence-electron chi connectivity index (χ4n) is 2.76. The highest BCUT2D eigenvalue weighted by Gasteiger charge is 2.39. The van der Waals surface area contributed by atoms with Gasteiger partial charge in [0.2, 0.25) is 5.91 Å². The molecule has 4 heteroatoms. The van der Waals surface area contributed by atoms with Gasteiger partial charge in [-0.05, 0) is 37.5 Å². The molecule has 1 amide bonds. The van der Waals surface area contributed by atoms with E-state index in [1.165, 1.54) is 0 Å². The number of hydrogen-bond donors (Lipinski definition) is 1. The quantitative estimate of drug-likeness (QED) is 0.924. The highest BCUT2D eigenvalue weighted by atomic mass is 16.5. The number of benzene rings is 1. The molecule has 1 atom stereocenters. The molecule has 0 radical (unpaired) electrons. The first kappa shape index (κ1) is 15.8. The van der Waals surface area contributed by atoms with Crippen LogP contribution >= 0.6 is 0 Å². The van der Waals surface area contributed by atoms with Crippen LogP contribution in [0.3, 0.4) is 0 Å². The van der Waals surface area contributed by atoms with Crippen LogP contribution in [-0.2, 0) is 4.79 Å². The van der Waals surface area contributed by atoms with Gasteiger partial charge in [-0.15, -0.1) is 0 Å². The molecule has 1 aromatic rings. The van der Waals surface area contributed by atoms with Crippen molar-refractivity contribution in [1.82, 2.24) is 0 Å². The van der Waals surface area contributed by atoms with E-state index in [0.29, 0.717) is 13.0 Å². The van der Waals surface area contributed by atoms with Gasteiger partial charge in [-0.3, -0.25) is 4.79 Å². The normalized spacial score (nSPS) is 17.9. The minimum absolute atomic E-state index is 0.0913. The number of ether oxygens (including phenoxy) is 1. The molecule has 1 unspecified atom stereocenters. The van der Waals surface area contributed by atoms with Crippen LogP contribution in [0.1, 0.15) is 58.6 Å². The van der Waals surface area contributed by atoms with Gasteiger partial charge >= 0.3 is 0 Å². The second-order valence-corrected chi connectivity index (χ2v) is 5.73. The van der Waals surface area contributed by atoms with Gasteiger partial charge in [0.25, 0.3) is 0 Å². The molecule has 116 valence electrons. The number of amides is 1. The largest absolute Gasteiger partial charge is 0.483 e. The van der Waals surface area contributed by atoms with Gasteiger partial charge in [0.05, 0.1) is 18.3 Å². The molecule has 1 aliphatic rings. The highest BCUT2D eigenvalue weighted by molar-refractivity contribution is 5.95. The number of hydrogen-bond acceptors (Lipinski definition) is 3. The zero-order chi connectivity index (χ0) is 15.6. The number of carbonyl (C=O) groups excluding carboxylic acids is 1. The Labute approximate surface area is 126 Å². The van der Waals surface area contributed by atoms with Crippen LogP contribution in [0.2, 0.25) is 0 Å². The van der Waals surface area contributed by atoms with Crippen molar-refractivity contribution in [2.45, 2.75) is 58.7 Å². The predicted octanol–water partition coefficient (Wildman–Crippen LogP) is 3.43. The zero-order valence-corrected chi connectivity index (χ0v) is 13.3. The van der Waals surface area contributed by atoms with Crippen molar-refractivity contribution in [3.05, 3.63) is 23.8 Å². The van der Waals surface area contributed by atoms with Gasteiger partial charge in [-0.2, -0.15) is 0 Å². The van der Waals surface area contributed by atoms with E-state index in [-0.39, 0.29) is 11.5 Å². The predicted molar refractivity (Wildman–Crippen MR) is 83.7 cm³/mol. The molecular formula is C17H25NO3. The van der Waals surface area contributed by atoms with Gasteiger partial charge in [-0.1, -0.05) is 26.8 Å². The standard InChI is InChI=1S/C17H25NO3/c1-5-16(20)18-11-17(6-2,7-3)21-15-9-8-13(12(4)19)10-14(15)18/h8-10,12,19H,5-7,11H2,1-4H3. The van der Waals surface area contributed by atoms with E-state index in [9.17, 15) is 9.90 Å². The second kappa shape index (κ2) is 6.06. The SMILES string of the molecule is CCC(=O)N1CC(CC)(CC)Oc2ccc(C(C)O)cc21. The summed E-state index contributed by atoms with van der Waals surface area (Å²) in [4.78, 5) is 14.2. The maximum atomic E-state index is 12.3. The Bertz CT molecular complexity index is 521. The molecule has 1 N–H and O–H groups in total. The molecule has 0 aromatic heterocycles. The van der Waals surface area contributed by atoms with Crippen LogP contribution in [0.15, 0.2) is 18.2 Å². The summed E-state index contributed by atoms with van der Waals surface area (Å²) in [6, 6.07) is 5.59. The van der Waals surface area contributed by atoms with E-state index in [4.69, 9.17) is 4.74 Å². The fourth-order valence-corrected chi connectivity index (χ4v) is 2.76. The molecule has 0 saturated carbocycles. The van der Waals surface area contributed by atoms with E-state index in [0.717, 1.165) is 29.8 Å². The molecule has 0 aliphatic carbocycles. The lowest BCUT2D eigenvalue weighted by Gasteiger charge is -2.43. The van der Waals surface area contributed by atoms with Crippen molar-refractivity contribution in [2.75, 3.05) is 11.4 Å². The van der Waals surface area contributed by atoms with Crippen molar-refractivity contribution in [3.8, 4) is 5.75 Å². The molecule has 0 spiro atoms. The first-order chi connectivity index (χ1) is 9.96. The zero-order valence-electron chi connectivity index (χ0n) is 13.3. The molecular weight excluding hydrogens is 266 g/mol. The average Bonchev–Trinajstić information content (AvgIpc) is 2.52. The molecule has 0 bridgehead atoms. The number of fused-ring (bicyclic) bond motifs is 1. The molecule has 21 heavy (non-hydrogen) atoms. The summed E-state index contributed by atoms with van der Waals surface area (Å²) in [5.74, 6) is 0.824. The number of aliphatic hydroxyl groups excluding tert-OH is 1. The summed E-state index contributed by atoms with van der Waals surface area (Å²) in [7, 11) is 0. The first-order valence-corrected chi connectivity index (χ1v) is 7.77. The highest BCUT2D eigenvalue weighted by Crippen LogP contribution is 2.41. The van der Waals surface area contributed by atoms with Crippen LogP contribution in [0.4, 0.5) is 5.69 Å². The van der Waals surface area contributed by atoms with E-state index in [1.54, 1.807) is 6.92 Å². The van der Waals surface area contributed by atoms with Gasteiger partial charge in [0, 0.05) is 6.42 Å². The maximum Gasteiger partial charge on any atom is 0.226 e. The molecule has 2 rings (SSSR count). The Kier molecular flexibility index (Phi) is 4.57. The van der Waals surface area contributed by atoms with Crippen LogP contribution in [0.25, 0.3) is 0 Å². The van der Waals surface area contributed by atoms with Crippen LogP contribution in [0, 0.1) is 0 Å². The Morgan fingerprint density at radius 2 is 2.05 bits per heavy atom. The summed E-state index contributed by atoms with van der Waals surface area (Å²) >= 11 is 0. The molecule has 1 aromatic carbocycles. The Hall–Kier alpha value is -1.55. The van der Waals surface area contributed by atoms with Gasteiger partial charge in [-0.25, -0.2) is 0 Å². The van der Waals surface area contributed by atoms with E-state index in [1.807, 2.05) is 30.0 Å². The molecule has 1 aliphatic heterocycles. The monoisotopic (exact) mass is 291 g/mol. The summed E-state index contributed by atoms with van der Waals surface area (Å²) in [5, 5.41) is 9.76. The van der Waals surface area contributed by atoms with E-state index >= 15 is 0 Å². The summed E-state index contributed by atoms with van der Waals surface area (Å²) < 4.78 is 6.20. The molecule has 1 heterocycles. The summed E-state index contributed by atoms with van der Waals surface area (Å²) in [6.45, 7) is 8.35. The van der Waals surface area contributed by atoms with Crippen molar-refractivity contribution in [1.29, 1.82) is 0 Å². The number of nitrogens with zero attached hydrogens (tertiary/aromatic N) is 1. The smallest absolute Gasteiger partial charge is 0.226 e. The third kappa shape index (κ3) is 2.91. The summed E-state index contributed by atoms with van der Waals surface area (Å²) in [6.07, 6.45) is 1.61. The van der Waals surface area contributed by atoms with Crippen molar-refractivity contribution in [2.24, 2.45) is 0 Å². The van der Waals surface area contributed by atoms with Crippen LogP contribution < -0.4 is 9.64 Å². The average molecular weight is 291 g/mol. The van der Waals surface area contributed by atoms with Gasteiger partial charge in [0.1, 0.15) is 11.4 Å². The lowest BCUT2D eigenvalue weighted by atomic mass is 9.93. The number of anilines is 1. The summed E-state index contributed by atoms with van der Waals surface area (Å²) in [5.41, 5.74) is 1.26. The number of carbonyl (C=O) groups is 1. The van der Waals surface area contributed by atoms with Crippen molar-refractivity contribution >= 4 is 11.6 Å². The third-order valence-corrected chi connectivity index (χ3v) is 4.42. The Morgan fingerprint density at radius 3 is 2.57 bits per heavy atom. The second-order valence-electron chi connectivity index (χ2n) is 5.73. The van der Waals surface area contributed by atoms with Crippen LogP contribution in [0.5, 0.6) is 5.75 Å². The molecule has 0 fully saturated rings. The van der Waals surface area contributed by atoms with Gasteiger partial charge < -0.3 is 14.7 Å². The third-order valence-electron chi connectivity index (χ3n) is 4.42. The first-order valence-electron chi connectivity index (χ1n) is 7.77. The van der Waals surface area contributed by atoms with Crippen molar-refractivity contribution < 1.29 is 14.6 Å².